The van der Waals surface area contributed by atoms with Crippen LogP contribution in [0, 0.1) is 12.3 Å². The first-order valence-electron chi connectivity index (χ1n) is 8.19. The number of carbonyl (C=O) groups is 1. The number of hydrogen-bond acceptors (Lipinski definition) is 3. The van der Waals surface area contributed by atoms with Crippen molar-refractivity contribution in [2.45, 2.75) is 31.7 Å². The van der Waals surface area contributed by atoms with Crippen molar-refractivity contribution in [1.82, 2.24) is 10.2 Å². The number of hydrogen-bond donors (Lipinski definition) is 3. The molecule has 1 aliphatic heterocycles. The van der Waals surface area contributed by atoms with E-state index in [1.54, 1.807) is 6.07 Å². The van der Waals surface area contributed by atoms with E-state index in [0.29, 0.717) is 18.3 Å². The Morgan fingerprint density at radius 3 is 3.09 bits per heavy atom. The van der Waals surface area contributed by atoms with E-state index in [0.717, 1.165) is 37.9 Å². The van der Waals surface area contributed by atoms with E-state index in [1.165, 1.54) is 6.42 Å². The maximum atomic E-state index is 11.8. The highest BCUT2D eigenvalue weighted by Crippen LogP contribution is 2.16. The second-order valence-electron chi connectivity index (χ2n) is 5.83. The molecule has 1 atom stereocenters. The second kappa shape index (κ2) is 9.19. The molecule has 2 amide bonds. The van der Waals surface area contributed by atoms with Gasteiger partial charge in [0.1, 0.15) is 0 Å². The second-order valence-corrected chi connectivity index (χ2v) is 5.83. The maximum Gasteiger partial charge on any atom is 0.319 e. The Morgan fingerprint density at radius 1 is 1.43 bits per heavy atom. The third-order valence-electron chi connectivity index (χ3n) is 4.15. The van der Waals surface area contributed by atoms with Crippen molar-refractivity contribution >= 4 is 11.7 Å². The summed E-state index contributed by atoms with van der Waals surface area (Å²) in [5, 5.41) is 14.9. The van der Waals surface area contributed by atoms with Gasteiger partial charge >= 0.3 is 6.03 Å². The van der Waals surface area contributed by atoms with Crippen LogP contribution in [0.1, 0.15) is 31.2 Å². The zero-order valence-electron chi connectivity index (χ0n) is 13.4. The number of terminal acetylenes is 1. The first kappa shape index (κ1) is 17.3. The van der Waals surface area contributed by atoms with E-state index in [4.69, 9.17) is 6.42 Å². The molecule has 124 valence electrons. The van der Waals surface area contributed by atoms with Crippen molar-refractivity contribution in [3.05, 3.63) is 29.8 Å². The fourth-order valence-corrected chi connectivity index (χ4v) is 2.90. The van der Waals surface area contributed by atoms with Crippen LogP contribution in [0.5, 0.6) is 0 Å². The van der Waals surface area contributed by atoms with Gasteiger partial charge in [-0.25, -0.2) is 4.79 Å². The molecule has 0 unspecified atom stereocenters. The SMILES string of the molecule is C#Cc1cccc(NC(=O)NCCCCN2CCC[C@H]2CO)c1. The van der Waals surface area contributed by atoms with E-state index in [9.17, 15) is 9.90 Å². The van der Waals surface area contributed by atoms with Crippen LogP contribution < -0.4 is 10.6 Å². The number of unbranched alkanes of at least 4 members (excludes halogenated alkanes) is 1. The van der Waals surface area contributed by atoms with Gasteiger partial charge < -0.3 is 15.7 Å². The molecular formula is C18H25N3O2. The van der Waals surface area contributed by atoms with E-state index in [1.807, 2.05) is 18.2 Å². The van der Waals surface area contributed by atoms with Crippen LogP contribution in [-0.2, 0) is 0 Å². The standard InChI is InChI=1S/C18H25N3O2/c1-2-15-7-5-8-16(13-15)20-18(23)19-10-3-4-11-21-12-6-9-17(21)14-22/h1,5,7-8,13,17,22H,3-4,6,9-12,14H2,(H2,19,20,23)/t17-/m0/s1. The van der Waals surface area contributed by atoms with Gasteiger partial charge in [0, 0.05) is 23.8 Å². The molecule has 1 aromatic carbocycles. The Kier molecular flexibility index (Phi) is 6.92. The summed E-state index contributed by atoms with van der Waals surface area (Å²) >= 11 is 0. The van der Waals surface area contributed by atoms with Crippen molar-refractivity contribution < 1.29 is 9.90 Å². The number of aliphatic hydroxyl groups excluding tert-OH is 1. The van der Waals surface area contributed by atoms with Crippen LogP contribution in [0.25, 0.3) is 0 Å². The van der Waals surface area contributed by atoms with Gasteiger partial charge in [0.05, 0.1) is 6.61 Å². The predicted molar refractivity (Wildman–Crippen MR) is 92.3 cm³/mol. The summed E-state index contributed by atoms with van der Waals surface area (Å²) in [4.78, 5) is 14.2. The summed E-state index contributed by atoms with van der Waals surface area (Å²) in [6, 6.07) is 7.33. The molecule has 1 aliphatic rings. The zero-order valence-corrected chi connectivity index (χ0v) is 13.4. The van der Waals surface area contributed by atoms with Crippen molar-refractivity contribution in [3.63, 3.8) is 0 Å². The Morgan fingerprint density at radius 2 is 2.30 bits per heavy atom. The largest absolute Gasteiger partial charge is 0.395 e. The fourth-order valence-electron chi connectivity index (χ4n) is 2.90. The molecule has 5 nitrogen and oxygen atoms in total. The number of aliphatic hydroxyl groups is 1. The molecular weight excluding hydrogens is 290 g/mol. The lowest BCUT2D eigenvalue weighted by molar-refractivity contribution is 0.157. The average molecular weight is 315 g/mol. The topological polar surface area (TPSA) is 64.6 Å². The number of anilines is 1. The maximum absolute atomic E-state index is 11.8. The lowest BCUT2D eigenvalue weighted by Crippen LogP contribution is -2.34. The lowest BCUT2D eigenvalue weighted by Gasteiger charge is -2.22. The summed E-state index contributed by atoms with van der Waals surface area (Å²) in [7, 11) is 0. The summed E-state index contributed by atoms with van der Waals surface area (Å²) in [6.07, 6.45) is 9.54. The fraction of sp³-hybridized carbons (Fsp3) is 0.500. The minimum Gasteiger partial charge on any atom is -0.395 e. The van der Waals surface area contributed by atoms with Crippen LogP contribution in [0.4, 0.5) is 10.5 Å². The quantitative estimate of drug-likeness (QED) is 0.533. The van der Waals surface area contributed by atoms with Crippen LogP contribution in [0.3, 0.4) is 0 Å². The van der Waals surface area contributed by atoms with E-state index >= 15 is 0 Å². The van der Waals surface area contributed by atoms with Gasteiger partial charge in [0.2, 0.25) is 0 Å². The molecule has 2 rings (SSSR count). The minimum atomic E-state index is -0.214. The summed E-state index contributed by atoms with van der Waals surface area (Å²) in [5.74, 6) is 2.54. The zero-order chi connectivity index (χ0) is 16.5. The highest BCUT2D eigenvalue weighted by Gasteiger charge is 2.22. The normalized spacial score (nSPS) is 17.7. The number of rotatable bonds is 7. The molecule has 3 N–H and O–H groups in total. The highest BCUT2D eigenvalue weighted by atomic mass is 16.3. The molecule has 0 saturated carbocycles. The van der Waals surface area contributed by atoms with Crippen LogP contribution in [0.2, 0.25) is 0 Å². The van der Waals surface area contributed by atoms with Crippen LogP contribution >= 0.6 is 0 Å². The van der Waals surface area contributed by atoms with Crippen LogP contribution in [0.15, 0.2) is 24.3 Å². The molecule has 23 heavy (non-hydrogen) atoms. The lowest BCUT2D eigenvalue weighted by atomic mass is 10.2. The third-order valence-corrected chi connectivity index (χ3v) is 4.15. The Labute approximate surface area is 138 Å². The molecule has 0 aromatic heterocycles. The first-order chi connectivity index (χ1) is 11.2. The Hall–Kier alpha value is -2.03. The molecule has 1 saturated heterocycles. The first-order valence-corrected chi connectivity index (χ1v) is 8.19. The van der Waals surface area contributed by atoms with Gasteiger partial charge in [0.25, 0.3) is 0 Å². The monoisotopic (exact) mass is 315 g/mol. The van der Waals surface area contributed by atoms with Gasteiger partial charge in [-0.1, -0.05) is 12.0 Å². The molecule has 0 aliphatic carbocycles. The number of carbonyl (C=O) groups excluding carboxylic acids is 1. The molecule has 0 spiro atoms. The van der Waals surface area contributed by atoms with Crippen molar-refractivity contribution in [2.24, 2.45) is 0 Å². The molecule has 1 fully saturated rings. The number of likely N-dealkylation sites (tertiary alicyclic amines) is 1. The Bertz CT molecular complexity index is 553. The highest BCUT2D eigenvalue weighted by molar-refractivity contribution is 5.89. The van der Waals surface area contributed by atoms with Crippen molar-refractivity contribution in [1.29, 1.82) is 0 Å². The number of nitrogens with zero attached hydrogens (tertiary/aromatic N) is 1. The number of nitrogens with one attached hydrogen (secondary N) is 2. The number of urea groups is 1. The Balaban J connectivity index is 1.60. The summed E-state index contributed by atoms with van der Waals surface area (Å²) < 4.78 is 0. The van der Waals surface area contributed by atoms with E-state index < -0.39 is 0 Å². The predicted octanol–water partition coefficient (Wildman–Crippen LogP) is 2.03. The van der Waals surface area contributed by atoms with Gasteiger partial charge in [-0.2, -0.15) is 0 Å². The van der Waals surface area contributed by atoms with E-state index in [-0.39, 0.29) is 12.6 Å². The molecule has 0 bridgehead atoms. The van der Waals surface area contributed by atoms with Gasteiger partial charge in [-0.15, -0.1) is 6.42 Å². The molecule has 1 heterocycles. The molecule has 1 aromatic rings. The van der Waals surface area contributed by atoms with Gasteiger partial charge in [-0.3, -0.25) is 4.90 Å². The summed E-state index contributed by atoms with van der Waals surface area (Å²) in [5.41, 5.74) is 1.44. The number of amides is 2. The van der Waals surface area contributed by atoms with Crippen molar-refractivity contribution in [2.75, 3.05) is 31.6 Å². The summed E-state index contributed by atoms with van der Waals surface area (Å²) in [6.45, 7) is 2.94. The third kappa shape index (κ3) is 5.59. The number of benzene rings is 1. The van der Waals surface area contributed by atoms with Gasteiger partial charge in [-0.05, 0) is 57.0 Å². The average Bonchev–Trinajstić information content (AvgIpc) is 3.02. The smallest absolute Gasteiger partial charge is 0.319 e. The van der Waals surface area contributed by atoms with E-state index in [2.05, 4.69) is 21.5 Å². The van der Waals surface area contributed by atoms with Gasteiger partial charge in [0.15, 0.2) is 0 Å². The molecule has 5 heteroatoms. The molecule has 0 radical (unpaired) electrons. The van der Waals surface area contributed by atoms with Crippen molar-refractivity contribution in [3.8, 4) is 12.3 Å². The minimum absolute atomic E-state index is 0.214. The van der Waals surface area contributed by atoms with Crippen LogP contribution in [-0.4, -0.2) is 48.3 Å².